The molecule has 0 aromatic carbocycles. The molecule has 1 aromatic rings. The van der Waals surface area contributed by atoms with Crippen molar-refractivity contribution in [2.24, 2.45) is 5.73 Å². The summed E-state index contributed by atoms with van der Waals surface area (Å²) in [6, 6.07) is 2.91. The average molecular weight is 230 g/mol. The summed E-state index contributed by atoms with van der Waals surface area (Å²) in [7, 11) is 1.64. The molecule has 0 fully saturated rings. The van der Waals surface area contributed by atoms with Gasteiger partial charge in [-0.2, -0.15) is 0 Å². The minimum absolute atomic E-state index is 0. The van der Waals surface area contributed by atoms with Crippen LogP contribution >= 0.6 is 12.4 Å². The van der Waals surface area contributed by atoms with Crippen LogP contribution < -0.4 is 15.4 Å². The topological polar surface area (TPSA) is 68.5 Å². The van der Waals surface area contributed by atoms with E-state index in [9.17, 15) is 4.79 Å². The fraction of sp³-hybridized carbons (Fsp3) is 0.333. The van der Waals surface area contributed by atoms with Crippen molar-refractivity contribution in [3.8, 4) is 5.75 Å². The van der Waals surface area contributed by atoms with E-state index in [1.165, 1.54) is 4.90 Å². The van der Waals surface area contributed by atoms with Crippen molar-refractivity contribution >= 4 is 24.1 Å². The summed E-state index contributed by atoms with van der Waals surface area (Å²) in [5, 5.41) is 0. The summed E-state index contributed by atoms with van der Waals surface area (Å²) in [6.45, 7) is 0.196. The van der Waals surface area contributed by atoms with Gasteiger partial charge in [-0.05, 0) is 12.1 Å². The highest BCUT2D eigenvalue weighted by molar-refractivity contribution is 5.97. The van der Waals surface area contributed by atoms with Crippen molar-refractivity contribution < 1.29 is 9.53 Å². The fourth-order valence-corrected chi connectivity index (χ4v) is 1.35. The molecule has 1 amide bonds. The van der Waals surface area contributed by atoms with Gasteiger partial charge in [-0.25, -0.2) is 4.98 Å². The monoisotopic (exact) mass is 229 g/mol. The molecule has 1 aliphatic rings. The summed E-state index contributed by atoms with van der Waals surface area (Å²) in [5.74, 6) is 0.934. The Morgan fingerprint density at radius 3 is 3.13 bits per heavy atom. The highest BCUT2D eigenvalue weighted by Gasteiger charge is 2.26. The van der Waals surface area contributed by atoms with Gasteiger partial charge in [-0.15, -0.1) is 12.4 Å². The summed E-state index contributed by atoms with van der Waals surface area (Å²) >= 11 is 0. The first kappa shape index (κ1) is 11.7. The Kier molecular flexibility index (Phi) is 3.49. The van der Waals surface area contributed by atoms with Gasteiger partial charge in [-0.3, -0.25) is 9.69 Å². The molecule has 2 heterocycles. The van der Waals surface area contributed by atoms with Gasteiger partial charge in [0, 0.05) is 13.2 Å². The number of carbonyl (C=O) groups excluding carboxylic acids is 1. The predicted molar refractivity (Wildman–Crippen MR) is 58.4 cm³/mol. The molecular weight excluding hydrogens is 218 g/mol. The molecule has 0 radical (unpaired) electrons. The minimum Gasteiger partial charge on any atom is -0.488 e. The number of ether oxygens (including phenoxy) is 1. The minimum atomic E-state index is -0.616. The Hall–Kier alpha value is -1.33. The van der Waals surface area contributed by atoms with E-state index in [4.69, 9.17) is 10.5 Å². The first-order chi connectivity index (χ1) is 6.70. The first-order valence-corrected chi connectivity index (χ1v) is 4.31. The van der Waals surface area contributed by atoms with E-state index in [-0.39, 0.29) is 24.9 Å². The molecule has 0 saturated heterocycles. The molecular formula is C9H12ClN3O2. The van der Waals surface area contributed by atoms with Crippen molar-refractivity contribution in [1.29, 1.82) is 0 Å². The molecule has 2 N–H and O–H groups in total. The van der Waals surface area contributed by atoms with Gasteiger partial charge in [0.1, 0.15) is 12.6 Å². The van der Waals surface area contributed by atoms with Crippen LogP contribution in [-0.4, -0.2) is 30.6 Å². The van der Waals surface area contributed by atoms with Gasteiger partial charge in [0.15, 0.2) is 11.6 Å². The van der Waals surface area contributed by atoms with Gasteiger partial charge in [-0.1, -0.05) is 0 Å². The zero-order valence-corrected chi connectivity index (χ0v) is 9.03. The van der Waals surface area contributed by atoms with Crippen LogP contribution in [0.5, 0.6) is 5.75 Å². The van der Waals surface area contributed by atoms with Gasteiger partial charge in [0.2, 0.25) is 5.91 Å². The maximum Gasteiger partial charge on any atom is 0.248 e. The van der Waals surface area contributed by atoms with Crippen LogP contribution in [0, 0.1) is 0 Å². The zero-order valence-electron chi connectivity index (χ0n) is 8.21. The molecule has 5 nitrogen and oxygen atoms in total. The van der Waals surface area contributed by atoms with E-state index in [0.717, 1.165) is 0 Å². The van der Waals surface area contributed by atoms with Crippen molar-refractivity contribution in [2.45, 2.75) is 6.04 Å². The Morgan fingerprint density at radius 2 is 2.40 bits per heavy atom. The number of nitrogens with two attached hydrogens (primary N) is 1. The van der Waals surface area contributed by atoms with Gasteiger partial charge >= 0.3 is 0 Å². The normalized spacial score (nSPS) is 19.7. The third-order valence-electron chi connectivity index (χ3n) is 2.13. The number of carbonyl (C=O) groups is 1. The van der Waals surface area contributed by atoms with E-state index >= 15 is 0 Å². The van der Waals surface area contributed by atoms with Gasteiger partial charge in [0.05, 0.1) is 0 Å². The summed E-state index contributed by atoms with van der Waals surface area (Å²) in [5.41, 5.74) is 5.60. The Bertz CT molecular complexity index is 372. The highest BCUT2D eigenvalue weighted by atomic mass is 35.5. The number of fused-ring (bicyclic) bond motifs is 1. The van der Waals surface area contributed by atoms with Gasteiger partial charge in [0.25, 0.3) is 0 Å². The van der Waals surface area contributed by atoms with Crippen LogP contribution in [0.15, 0.2) is 18.3 Å². The molecule has 0 bridgehead atoms. The van der Waals surface area contributed by atoms with Crippen LogP contribution in [0.25, 0.3) is 0 Å². The largest absolute Gasteiger partial charge is 0.488 e. The molecule has 6 heteroatoms. The van der Waals surface area contributed by atoms with E-state index in [1.807, 2.05) is 0 Å². The van der Waals surface area contributed by atoms with Crippen LogP contribution in [-0.2, 0) is 4.79 Å². The van der Waals surface area contributed by atoms with Crippen molar-refractivity contribution in [2.75, 3.05) is 18.6 Å². The van der Waals surface area contributed by atoms with E-state index in [1.54, 1.807) is 25.4 Å². The number of aromatic nitrogens is 1. The third-order valence-corrected chi connectivity index (χ3v) is 2.13. The van der Waals surface area contributed by atoms with E-state index < -0.39 is 6.04 Å². The number of likely N-dealkylation sites (N-methyl/N-ethyl adjacent to an activating group) is 1. The second-order valence-corrected chi connectivity index (χ2v) is 3.14. The number of amides is 1. The Balaban J connectivity index is 0.00000112. The smallest absolute Gasteiger partial charge is 0.248 e. The van der Waals surface area contributed by atoms with Crippen LogP contribution in [0.1, 0.15) is 0 Å². The van der Waals surface area contributed by atoms with Crippen LogP contribution in [0.4, 0.5) is 5.82 Å². The molecule has 0 aliphatic carbocycles. The summed E-state index contributed by atoms with van der Waals surface area (Å²) < 4.78 is 5.35. The number of hydrogen-bond acceptors (Lipinski definition) is 4. The van der Waals surface area contributed by atoms with Crippen LogP contribution in [0.3, 0.4) is 0 Å². The molecule has 0 saturated carbocycles. The van der Waals surface area contributed by atoms with Crippen molar-refractivity contribution in [3.63, 3.8) is 0 Å². The SMILES string of the molecule is CN1C(=O)[C@@H](N)COc2cccnc21.Cl. The molecule has 1 atom stereocenters. The van der Waals surface area contributed by atoms with E-state index in [0.29, 0.717) is 11.6 Å². The zero-order chi connectivity index (χ0) is 10.1. The number of rotatable bonds is 0. The number of pyridine rings is 1. The lowest BCUT2D eigenvalue weighted by Gasteiger charge is -2.15. The maximum atomic E-state index is 11.6. The van der Waals surface area contributed by atoms with Gasteiger partial charge < -0.3 is 10.5 Å². The van der Waals surface area contributed by atoms with Crippen LogP contribution in [0.2, 0.25) is 0 Å². The Morgan fingerprint density at radius 1 is 1.67 bits per heavy atom. The standard InChI is InChI=1S/C9H11N3O2.ClH/c1-12-8-7(3-2-4-11-8)14-5-6(10)9(12)13;/h2-4,6H,5,10H2,1H3;1H/t6-;/m0./s1. The predicted octanol–water partition coefficient (Wildman–Crippen LogP) is 0.186. The lowest BCUT2D eigenvalue weighted by atomic mass is 10.3. The third kappa shape index (κ3) is 2.03. The van der Waals surface area contributed by atoms with Crippen molar-refractivity contribution in [1.82, 2.24) is 4.98 Å². The van der Waals surface area contributed by atoms with Crippen molar-refractivity contribution in [3.05, 3.63) is 18.3 Å². The molecule has 1 aliphatic heterocycles. The summed E-state index contributed by atoms with van der Waals surface area (Å²) in [4.78, 5) is 17.1. The lowest BCUT2D eigenvalue weighted by molar-refractivity contribution is -0.119. The molecule has 0 unspecified atom stereocenters. The number of halogens is 1. The molecule has 2 rings (SSSR count). The highest BCUT2D eigenvalue weighted by Crippen LogP contribution is 2.26. The van der Waals surface area contributed by atoms with E-state index in [2.05, 4.69) is 4.98 Å². The number of nitrogens with zero attached hydrogens (tertiary/aromatic N) is 2. The molecule has 0 spiro atoms. The fourth-order valence-electron chi connectivity index (χ4n) is 1.35. The molecule has 82 valence electrons. The second-order valence-electron chi connectivity index (χ2n) is 3.14. The first-order valence-electron chi connectivity index (χ1n) is 4.31. The molecule has 1 aromatic heterocycles. The lowest BCUT2D eigenvalue weighted by Crippen LogP contribution is -2.43. The Labute approximate surface area is 93.6 Å². The second kappa shape index (κ2) is 4.46. The summed E-state index contributed by atoms with van der Waals surface area (Å²) in [6.07, 6.45) is 1.61. The number of hydrogen-bond donors (Lipinski definition) is 1. The maximum absolute atomic E-state index is 11.6. The molecule has 15 heavy (non-hydrogen) atoms. The number of anilines is 1. The quantitative estimate of drug-likeness (QED) is 0.690. The average Bonchev–Trinajstić information content (AvgIpc) is 2.32.